The minimum absolute atomic E-state index is 0.0322. The van der Waals surface area contributed by atoms with Crippen LogP contribution in [0.3, 0.4) is 0 Å². The number of fused-ring (bicyclic) bond motifs is 2. The van der Waals surface area contributed by atoms with Gasteiger partial charge in [0.1, 0.15) is 12.2 Å². The number of rotatable bonds is 9. The van der Waals surface area contributed by atoms with E-state index >= 15 is 0 Å². The number of piperazine rings is 1. The highest BCUT2D eigenvalue weighted by molar-refractivity contribution is 7.22. The Labute approximate surface area is 260 Å². The lowest BCUT2D eigenvalue weighted by Gasteiger charge is -2.46. The van der Waals surface area contributed by atoms with Gasteiger partial charge in [-0.3, -0.25) is 14.6 Å². The van der Waals surface area contributed by atoms with E-state index in [1.807, 2.05) is 97.9 Å². The van der Waals surface area contributed by atoms with E-state index in [0.717, 1.165) is 32.0 Å². The summed E-state index contributed by atoms with van der Waals surface area (Å²) in [4.78, 5) is 51.8. The zero-order valence-electron chi connectivity index (χ0n) is 24.8. The molecule has 10 nitrogen and oxygen atoms in total. The molecule has 226 valence electrons. The zero-order chi connectivity index (χ0) is 30.8. The number of hydrazine groups is 1. The Hall–Kier alpha value is -4.74. The van der Waals surface area contributed by atoms with Crippen molar-refractivity contribution in [2.45, 2.75) is 25.3 Å². The van der Waals surface area contributed by atoms with Crippen molar-refractivity contribution in [3.05, 3.63) is 108 Å². The van der Waals surface area contributed by atoms with E-state index < -0.39 is 12.2 Å². The van der Waals surface area contributed by atoms with E-state index in [1.165, 1.54) is 5.01 Å². The van der Waals surface area contributed by atoms with Gasteiger partial charge in [0.2, 0.25) is 5.91 Å². The average Bonchev–Trinajstić information content (AvgIpc) is 3.62. The molecule has 0 unspecified atom stereocenters. The first-order valence-electron chi connectivity index (χ1n) is 14.5. The Morgan fingerprint density at radius 1 is 1.05 bits per heavy atom. The maximum Gasteiger partial charge on any atom is 0.332 e. The third-order valence-corrected chi connectivity index (χ3v) is 9.13. The van der Waals surface area contributed by atoms with Crippen LogP contribution in [0, 0.1) is 0 Å². The molecule has 4 amide bonds. The second kappa shape index (κ2) is 12.5. The first kappa shape index (κ1) is 29.3. The van der Waals surface area contributed by atoms with E-state index in [0.29, 0.717) is 13.1 Å². The molecule has 2 saturated heterocycles. The summed E-state index contributed by atoms with van der Waals surface area (Å²) in [5.74, 6) is -0.370. The minimum Gasteiger partial charge on any atom is -0.354 e. The molecular weight excluding hydrogens is 574 g/mol. The molecule has 0 spiro atoms. The highest BCUT2D eigenvalue weighted by Crippen LogP contribution is 2.37. The van der Waals surface area contributed by atoms with Gasteiger partial charge in [-0.15, -0.1) is 6.58 Å². The molecule has 1 N–H and O–H groups in total. The Bertz CT molecular complexity index is 1680. The van der Waals surface area contributed by atoms with Crippen LogP contribution in [0.25, 0.3) is 10.2 Å². The Balaban J connectivity index is 1.33. The van der Waals surface area contributed by atoms with Crippen molar-refractivity contribution in [3.8, 4) is 0 Å². The van der Waals surface area contributed by atoms with Crippen LogP contribution in [-0.4, -0.2) is 82.5 Å². The number of amides is 4. The van der Waals surface area contributed by atoms with E-state index in [1.54, 1.807) is 32.2 Å². The number of carbonyl (C=O) groups is 3. The predicted octanol–water partition coefficient (Wildman–Crippen LogP) is 4.23. The SMILES string of the molecule is C=CCN(C(=O)NCc1ccccc1)N1CC(=O)N2[C@@H](c3ccccc3)C(=O)N(Cc3cccc4sc(N(C)C)nc34)C[C@@H]21. The van der Waals surface area contributed by atoms with Gasteiger partial charge < -0.3 is 20.0 Å². The topological polar surface area (TPSA) is 92.3 Å². The summed E-state index contributed by atoms with van der Waals surface area (Å²) in [6, 6.07) is 23.9. The van der Waals surface area contributed by atoms with Crippen LogP contribution in [0.4, 0.5) is 9.93 Å². The normalized spacial score (nSPS) is 18.4. The van der Waals surface area contributed by atoms with Crippen LogP contribution in [0.15, 0.2) is 91.5 Å². The summed E-state index contributed by atoms with van der Waals surface area (Å²) in [5, 5.41) is 7.17. The number of nitrogens with zero attached hydrogens (tertiary/aromatic N) is 6. The molecule has 2 aliphatic heterocycles. The third-order valence-electron chi connectivity index (χ3n) is 7.94. The molecule has 0 radical (unpaired) electrons. The van der Waals surface area contributed by atoms with Crippen molar-refractivity contribution in [1.82, 2.24) is 30.1 Å². The summed E-state index contributed by atoms with van der Waals surface area (Å²) in [6.07, 6.45) is 1.08. The van der Waals surface area contributed by atoms with Crippen LogP contribution < -0.4 is 10.2 Å². The number of nitrogens with one attached hydrogen (secondary N) is 1. The Kier molecular flexibility index (Phi) is 8.32. The largest absolute Gasteiger partial charge is 0.354 e. The number of hydrogen-bond acceptors (Lipinski definition) is 7. The van der Waals surface area contributed by atoms with E-state index in [4.69, 9.17) is 4.98 Å². The maximum absolute atomic E-state index is 14.2. The van der Waals surface area contributed by atoms with Gasteiger partial charge in [-0.2, -0.15) is 5.01 Å². The molecular formula is C33H35N7O3S. The molecule has 11 heteroatoms. The molecule has 2 atom stereocenters. The van der Waals surface area contributed by atoms with Gasteiger partial charge >= 0.3 is 6.03 Å². The van der Waals surface area contributed by atoms with Gasteiger partial charge in [0.05, 0.1) is 29.9 Å². The number of aromatic nitrogens is 1. The highest BCUT2D eigenvalue weighted by atomic mass is 32.1. The van der Waals surface area contributed by atoms with Crippen LogP contribution in [0.5, 0.6) is 0 Å². The lowest BCUT2D eigenvalue weighted by Crippen LogP contribution is -2.62. The highest BCUT2D eigenvalue weighted by Gasteiger charge is 2.52. The number of hydrogen-bond donors (Lipinski definition) is 1. The first-order chi connectivity index (χ1) is 21.4. The fourth-order valence-electron chi connectivity index (χ4n) is 5.85. The second-order valence-electron chi connectivity index (χ2n) is 11.1. The van der Waals surface area contributed by atoms with Crippen molar-refractivity contribution >= 4 is 44.5 Å². The number of para-hydroxylation sites is 1. The fourth-order valence-corrected chi connectivity index (χ4v) is 6.79. The molecule has 6 rings (SSSR count). The fraction of sp³-hybridized carbons (Fsp3) is 0.273. The Morgan fingerprint density at radius 3 is 2.48 bits per heavy atom. The zero-order valence-corrected chi connectivity index (χ0v) is 25.6. The van der Waals surface area contributed by atoms with Crippen LogP contribution in [0.2, 0.25) is 0 Å². The van der Waals surface area contributed by atoms with E-state index in [9.17, 15) is 14.4 Å². The van der Waals surface area contributed by atoms with E-state index in [-0.39, 0.29) is 37.5 Å². The lowest BCUT2D eigenvalue weighted by atomic mass is 10.00. The second-order valence-corrected chi connectivity index (χ2v) is 12.1. The van der Waals surface area contributed by atoms with Gasteiger partial charge in [0.25, 0.3) is 5.91 Å². The van der Waals surface area contributed by atoms with Gasteiger partial charge in [0, 0.05) is 27.2 Å². The summed E-state index contributed by atoms with van der Waals surface area (Å²) in [7, 11) is 3.92. The minimum atomic E-state index is -0.822. The summed E-state index contributed by atoms with van der Waals surface area (Å²) < 4.78 is 1.04. The number of thiazole rings is 1. The van der Waals surface area contributed by atoms with Gasteiger partial charge in [-0.1, -0.05) is 90.2 Å². The molecule has 2 fully saturated rings. The number of urea groups is 1. The number of anilines is 1. The van der Waals surface area contributed by atoms with Gasteiger partial charge in [-0.05, 0) is 22.8 Å². The molecule has 0 bridgehead atoms. The quantitative estimate of drug-likeness (QED) is 0.286. The summed E-state index contributed by atoms with van der Waals surface area (Å²) in [6.45, 7) is 4.93. The van der Waals surface area contributed by atoms with Crippen molar-refractivity contribution in [2.24, 2.45) is 0 Å². The van der Waals surface area contributed by atoms with Crippen molar-refractivity contribution in [3.63, 3.8) is 0 Å². The Morgan fingerprint density at radius 2 is 1.77 bits per heavy atom. The summed E-state index contributed by atoms with van der Waals surface area (Å²) in [5.41, 5.74) is 3.49. The first-order valence-corrected chi connectivity index (χ1v) is 15.3. The van der Waals surface area contributed by atoms with Crippen LogP contribution in [-0.2, 0) is 22.7 Å². The van der Waals surface area contributed by atoms with Gasteiger partial charge in [-0.25, -0.2) is 9.78 Å². The van der Waals surface area contributed by atoms with Crippen LogP contribution in [0.1, 0.15) is 22.7 Å². The summed E-state index contributed by atoms with van der Waals surface area (Å²) >= 11 is 1.60. The monoisotopic (exact) mass is 609 g/mol. The molecule has 1 aromatic heterocycles. The number of carbonyl (C=O) groups excluding carboxylic acids is 3. The smallest absolute Gasteiger partial charge is 0.332 e. The van der Waals surface area contributed by atoms with Gasteiger partial charge in [0.15, 0.2) is 5.13 Å². The lowest BCUT2D eigenvalue weighted by molar-refractivity contribution is -0.158. The molecule has 2 aliphatic rings. The molecule has 0 aliphatic carbocycles. The van der Waals surface area contributed by atoms with E-state index in [2.05, 4.69) is 11.9 Å². The molecule has 3 aromatic carbocycles. The molecule has 0 saturated carbocycles. The van der Waals surface area contributed by atoms with Crippen molar-refractivity contribution < 1.29 is 14.4 Å². The predicted molar refractivity (Wildman–Crippen MR) is 171 cm³/mol. The molecule has 3 heterocycles. The standard InChI is InChI=1S/C33H35N7O3S/c1-4-18-38(32(43)34-19-23-12-7-5-8-13-23)39-22-28(41)40-27(39)21-37(31(42)30(40)24-14-9-6-10-15-24)20-25-16-11-17-26-29(25)35-33(44-26)36(2)3/h4-17,27,30H,1,18-22H2,2-3H3,(H,34,43)/t27-,30+/m1/s1. The van der Waals surface area contributed by atoms with Crippen LogP contribution >= 0.6 is 11.3 Å². The van der Waals surface area contributed by atoms with Crippen molar-refractivity contribution in [1.29, 1.82) is 0 Å². The number of benzene rings is 3. The molecule has 44 heavy (non-hydrogen) atoms. The third kappa shape index (κ3) is 5.63. The maximum atomic E-state index is 14.2. The average molecular weight is 610 g/mol. The van der Waals surface area contributed by atoms with Crippen molar-refractivity contribution in [2.75, 3.05) is 38.6 Å². The molecule has 4 aromatic rings.